The van der Waals surface area contributed by atoms with Crippen LogP contribution in [0, 0.1) is 19.8 Å². The van der Waals surface area contributed by atoms with Crippen LogP contribution in [-0.2, 0) is 6.42 Å². The molecule has 1 aromatic heterocycles. The maximum absolute atomic E-state index is 12.5. The van der Waals surface area contributed by atoms with E-state index in [0.717, 1.165) is 24.1 Å². The first kappa shape index (κ1) is 18.2. The number of carbonyl (C=O) groups excluding carboxylic acids is 1. The number of nitrogens with zero attached hydrogens (tertiary/aromatic N) is 2. The molecule has 0 spiro atoms. The van der Waals surface area contributed by atoms with Crippen LogP contribution in [0.3, 0.4) is 0 Å². The Labute approximate surface area is 155 Å². The van der Waals surface area contributed by atoms with Gasteiger partial charge in [0.05, 0.1) is 5.69 Å². The molecule has 26 heavy (non-hydrogen) atoms. The van der Waals surface area contributed by atoms with Gasteiger partial charge in [-0.05, 0) is 43.7 Å². The quantitative estimate of drug-likeness (QED) is 0.861. The lowest BCUT2D eigenvalue weighted by atomic mass is 9.91. The first-order chi connectivity index (χ1) is 12.5. The van der Waals surface area contributed by atoms with E-state index >= 15 is 0 Å². The van der Waals surface area contributed by atoms with Crippen molar-refractivity contribution in [2.75, 3.05) is 18.4 Å². The zero-order valence-corrected chi connectivity index (χ0v) is 16.0. The highest BCUT2D eigenvalue weighted by Gasteiger charge is 2.25. The number of rotatable bonds is 3. The van der Waals surface area contributed by atoms with Crippen molar-refractivity contribution in [3.8, 4) is 0 Å². The van der Waals surface area contributed by atoms with Crippen molar-refractivity contribution < 1.29 is 9.32 Å². The van der Waals surface area contributed by atoms with Crippen LogP contribution in [0.5, 0.6) is 0 Å². The molecule has 1 N–H and O–H groups in total. The summed E-state index contributed by atoms with van der Waals surface area (Å²) >= 11 is 0. The number of likely N-dealkylation sites (tertiary alicyclic amines) is 1. The van der Waals surface area contributed by atoms with Crippen LogP contribution in [-0.4, -0.2) is 29.2 Å². The average molecular weight is 353 g/mol. The molecule has 5 heteroatoms. The SMILES string of the molecule is CCc1cccc(/C=C2\CCN(C(=O)Nc3onc(C)c3C)CC2C)c1. The molecule has 0 aliphatic carbocycles. The smallest absolute Gasteiger partial charge is 0.324 e. The van der Waals surface area contributed by atoms with Crippen molar-refractivity contribution in [3.05, 3.63) is 52.2 Å². The molecule has 0 bridgehead atoms. The summed E-state index contributed by atoms with van der Waals surface area (Å²) in [6.07, 6.45) is 4.21. The van der Waals surface area contributed by atoms with Gasteiger partial charge in [0, 0.05) is 18.7 Å². The van der Waals surface area contributed by atoms with Crippen molar-refractivity contribution in [3.63, 3.8) is 0 Å². The van der Waals surface area contributed by atoms with Gasteiger partial charge in [0.25, 0.3) is 0 Å². The van der Waals surface area contributed by atoms with Crippen LogP contribution < -0.4 is 5.32 Å². The minimum absolute atomic E-state index is 0.122. The molecule has 2 heterocycles. The summed E-state index contributed by atoms with van der Waals surface area (Å²) in [6.45, 7) is 9.52. The van der Waals surface area contributed by atoms with E-state index < -0.39 is 0 Å². The zero-order chi connectivity index (χ0) is 18.7. The third-order valence-electron chi connectivity index (χ3n) is 5.17. The van der Waals surface area contributed by atoms with Crippen LogP contribution in [0.1, 0.15) is 42.7 Å². The molecular formula is C21H27N3O2. The zero-order valence-electron chi connectivity index (χ0n) is 16.0. The molecule has 1 fully saturated rings. The second-order valence-corrected chi connectivity index (χ2v) is 7.07. The van der Waals surface area contributed by atoms with Crippen LogP contribution in [0.15, 0.2) is 34.4 Å². The molecule has 3 rings (SSSR count). The molecule has 5 nitrogen and oxygen atoms in total. The van der Waals surface area contributed by atoms with E-state index in [9.17, 15) is 4.79 Å². The fraction of sp³-hybridized carbons (Fsp3) is 0.429. The molecule has 1 unspecified atom stereocenters. The van der Waals surface area contributed by atoms with Gasteiger partial charge in [0.2, 0.25) is 5.88 Å². The van der Waals surface area contributed by atoms with Crippen LogP contribution >= 0.6 is 0 Å². The van der Waals surface area contributed by atoms with Gasteiger partial charge in [-0.25, -0.2) is 4.79 Å². The second-order valence-electron chi connectivity index (χ2n) is 7.07. The molecular weight excluding hydrogens is 326 g/mol. The number of hydrogen-bond donors (Lipinski definition) is 1. The van der Waals surface area contributed by atoms with E-state index in [4.69, 9.17) is 4.52 Å². The number of benzene rings is 1. The number of aryl methyl sites for hydroxylation is 2. The predicted molar refractivity (Wildman–Crippen MR) is 104 cm³/mol. The summed E-state index contributed by atoms with van der Waals surface area (Å²) in [5.74, 6) is 0.773. The maximum atomic E-state index is 12.5. The summed E-state index contributed by atoms with van der Waals surface area (Å²) in [4.78, 5) is 14.4. The van der Waals surface area contributed by atoms with E-state index in [1.54, 1.807) is 0 Å². The first-order valence-corrected chi connectivity index (χ1v) is 9.26. The van der Waals surface area contributed by atoms with Gasteiger partial charge in [-0.2, -0.15) is 0 Å². The van der Waals surface area contributed by atoms with Gasteiger partial charge in [0.1, 0.15) is 0 Å². The molecule has 1 saturated heterocycles. The number of urea groups is 1. The van der Waals surface area contributed by atoms with Crippen molar-refractivity contribution >= 4 is 18.0 Å². The van der Waals surface area contributed by atoms with E-state index in [2.05, 4.69) is 54.7 Å². The Bertz CT molecular complexity index is 822. The molecule has 0 saturated carbocycles. The minimum Gasteiger partial charge on any atom is -0.338 e. The second kappa shape index (κ2) is 7.77. The van der Waals surface area contributed by atoms with Gasteiger partial charge in [-0.3, -0.25) is 5.32 Å². The van der Waals surface area contributed by atoms with E-state index in [1.165, 1.54) is 16.7 Å². The number of amides is 2. The van der Waals surface area contributed by atoms with Crippen molar-refractivity contribution in [2.45, 2.75) is 40.5 Å². The summed E-state index contributed by atoms with van der Waals surface area (Å²) in [6, 6.07) is 8.54. The molecule has 138 valence electrons. The van der Waals surface area contributed by atoms with Gasteiger partial charge in [-0.1, -0.05) is 54.9 Å². The fourth-order valence-electron chi connectivity index (χ4n) is 3.27. The number of anilines is 1. The fourth-order valence-corrected chi connectivity index (χ4v) is 3.27. The Morgan fingerprint density at radius 2 is 2.23 bits per heavy atom. The number of hydrogen-bond acceptors (Lipinski definition) is 3. The maximum Gasteiger partial charge on any atom is 0.324 e. The first-order valence-electron chi connectivity index (χ1n) is 9.26. The average Bonchev–Trinajstić information content (AvgIpc) is 2.95. The predicted octanol–water partition coefficient (Wildman–Crippen LogP) is 4.81. The van der Waals surface area contributed by atoms with Crippen LogP contribution in [0.25, 0.3) is 6.08 Å². The molecule has 1 atom stereocenters. The largest absolute Gasteiger partial charge is 0.338 e. The number of carbonyl (C=O) groups is 1. The Hall–Kier alpha value is -2.56. The number of piperidine rings is 1. The third kappa shape index (κ3) is 3.98. The molecule has 2 amide bonds. The lowest BCUT2D eigenvalue weighted by Gasteiger charge is -2.33. The summed E-state index contributed by atoms with van der Waals surface area (Å²) in [5.41, 5.74) is 5.67. The van der Waals surface area contributed by atoms with Crippen LogP contribution in [0.2, 0.25) is 0 Å². The highest BCUT2D eigenvalue weighted by molar-refractivity contribution is 5.88. The Morgan fingerprint density at radius 3 is 2.88 bits per heavy atom. The van der Waals surface area contributed by atoms with Gasteiger partial charge >= 0.3 is 6.03 Å². The van der Waals surface area contributed by atoms with Gasteiger partial charge in [-0.15, -0.1) is 0 Å². The lowest BCUT2D eigenvalue weighted by molar-refractivity contribution is 0.197. The Morgan fingerprint density at radius 1 is 1.42 bits per heavy atom. The van der Waals surface area contributed by atoms with E-state index in [1.807, 2.05) is 18.7 Å². The monoisotopic (exact) mass is 353 g/mol. The lowest BCUT2D eigenvalue weighted by Crippen LogP contribution is -2.42. The minimum atomic E-state index is -0.122. The van der Waals surface area contributed by atoms with E-state index in [0.29, 0.717) is 24.9 Å². The van der Waals surface area contributed by atoms with Crippen molar-refractivity contribution in [2.24, 2.45) is 5.92 Å². The molecule has 1 aromatic carbocycles. The standard InChI is InChI=1S/C21H27N3O2/c1-5-17-7-6-8-18(11-17)12-19-9-10-24(13-14(19)2)21(25)22-20-15(3)16(4)23-26-20/h6-8,11-12,14H,5,9-10,13H2,1-4H3,(H,22,25)/b19-12+. The molecule has 1 aliphatic heterocycles. The highest BCUT2D eigenvalue weighted by atomic mass is 16.5. The molecule has 2 aromatic rings. The van der Waals surface area contributed by atoms with Crippen molar-refractivity contribution in [1.29, 1.82) is 0 Å². The van der Waals surface area contributed by atoms with E-state index in [-0.39, 0.29) is 6.03 Å². The summed E-state index contributed by atoms with van der Waals surface area (Å²) in [7, 11) is 0. The highest BCUT2D eigenvalue weighted by Crippen LogP contribution is 2.26. The summed E-state index contributed by atoms with van der Waals surface area (Å²) < 4.78 is 5.19. The molecule has 0 radical (unpaired) electrons. The van der Waals surface area contributed by atoms with Gasteiger partial charge < -0.3 is 9.42 Å². The Balaban J connectivity index is 1.65. The Kier molecular flexibility index (Phi) is 5.45. The third-order valence-corrected chi connectivity index (χ3v) is 5.17. The topological polar surface area (TPSA) is 58.4 Å². The van der Waals surface area contributed by atoms with Crippen molar-refractivity contribution in [1.82, 2.24) is 10.1 Å². The number of aromatic nitrogens is 1. The number of nitrogens with one attached hydrogen (secondary N) is 1. The molecule has 1 aliphatic rings. The normalized spacial score (nSPS) is 19.0. The summed E-state index contributed by atoms with van der Waals surface area (Å²) in [5, 5.41) is 6.72. The van der Waals surface area contributed by atoms with Gasteiger partial charge in [0.15, 0.2) is 0 Å². The van der Waals surface area contributed by atoms with Crippen LogP contribution in [0.4, 0.5) is 10.7 Å².